The number of hydrogen-bond donors (Lipinski definition) is 2. The average molecular weight is 371 g/mol. The first-order valence-electron chi connectivity index (χ1n) is 9.09. The lowest BCUT2D eigenvalue weighted by molar-refractivity contribution is 0.477. The van der Waals surface area contributed by atoms with Crippen molar-refractivity contribution >= 4 is 28.5 Å². The molecule has 3 aromatic rings. The van der Waals surface area contributed by atoms with Crippen molar-refractivity contribution in [3.05, 3.63) is 35.6 Å². The van der Waals surface area contributed by atoms with Gasteiger partial charge in [0.25, 0.3) is 0 Å². The number of halogens is 1. The second-order valence-electron chi connectivity index (χ2n) is 7.02. The Hall–Kier alpha value is -2.18. The predicted octanol–water partition coefficient (Wildman–Crippen LogP) is 3.89. The molecule has 0 amide bonds. The first-order chi connectivity index (χ1) is 12.6. The van der Waals surface area contributed by atoms with E-state index in [0.717, 1.165) is 48.1 Å². The van der Waals surface area contributed by atoms with E-state index in [9.17, 15) is 0 Å². The Balaban J connectivity index is 1.69. The van der Waals surface area contributed by atoms with Crippen LogP contribution >= 0.6 is 11.6 Å². The van der Waals surface area contributed by atoms with Crippen LogP contribution in [0, 0.1) is 0 Å². The fraction of sp³-hybridized carbons (Fsp3) is 0.421. The summed E-state index contributed by atoms with van der Waals surface area (Å²) in [5, 5.41) is 13.0. The maximum atomic E-state index is 6.42. The summed E-state index contributed by atoms with van der Waals surface area (Å²) in [5.41, 5.74) is 2.80. The maximum absolute atomic E-state index is 6.42. The summed E-state index contributed by atoms with van der Waals surface area (Å²) in [7, 11) is 0. The van der Waals surface area contributed by atoms with Crippen LogP contribution in [0.15, 0.2) is 30.6 Å². The van der Waals surface area contributed by atoms with Crippen LogP contribution in [0.2, 0.25) is 5.02 Å². The summed E-state index contributed by atoms with van der Waals surface area (Å²) in [6, 6.07) is 6.90. The Labute approximate surface area is 158 Å². The number of aromatic nitrogens is 4. The summed E-state index contributed by atoms with van der Waals surface area (Å²) < 4.78 is 2.02. The van der Waals surface area contributed by atoms with Gasteiger partial charge >= 0.3 is 0 Å². The molecule has 136 valence electrons. The molecule has 1 aromatic carbocycles. The summed E-state index contributed by atoms with van der Waals surface area (Å²) in [6.45, 7) is 6.29. The molecule has 4 rings (SSSR count). The van der Waals surface area contributed by atoms with E-state index in [0.29, 0.717) is 23.1 Å². The highest BCUT2D eigenvalue weighted by molar-refractivity contribution is 6.33. The summed E-state index contributed by atoms with van der Waals surface area (Å²) in [5.74, 6) is 0.633. The van der Waals surface area contributed by atoms with Crippen molar-refractivity contribution in [2.75, 3.05) is 18.4 Å². The summed E-state index contributed by atoms with van der Waals surface area (Å²) in [4.78, 5) is 9.06. The molecule has 0 unspecified atom stereocenters. The van der Waals surface area contributed by atoms with E-state index in [2.05, 4.69) is 46.7 Å². The molecule has 7 heteroatoms. The van der Waals surface area contributed by atoms with Crippen molar-refractivity contribution < 1.29 is 0 Å². The highest BCUT2D eigenvalue weighted by Crippen LogP contribution is 2.30. The highest BCUT2D eigenvalue weighted by Gasteiger charge is 2.16. The van der Waals surface area contributed by atoms with Gasteiger partial charge in [0.2, 0.25) is 5.95 Å². The van der Waals surface area contributed by atoms with Crippen molar-refractivity contribution in [2.24, 2.45) is 0 Å². The third-order valence-electron chi connectivity index (χ3n) is 4.78. The number of piperidine rings is 1. The maximum Gasteiger partial charge on any atom is 0.223 e. The zero-order valence-electron chi connectivity index (χ0n) is 15.0. The minimum absolute atomic E-state index is 0.292. The second-order valence-corrected chi connectivity index (χ2v) is 7.42. The van der Waals surface area contributed by atoms with E-state index < -0.39 is 0 Å². The molecule has 0 spiro atoms. The van der Waals surface area contributed by atoms with E-state index in [-0.39, 0.29) is 0 Å². The number of fused-ring (bicyclic) bond motifs is 1. The lowest BCUT2D eigenvalue weighted by Gasteiger charge is -2.23. The zero-order valence-corrected chi connectivity index (χ0v) is 15.8. The van der Waals surface area contributed by atoms with Gasteiger partial charge in [-0.05, 0) is 45.8 Å². The largest absolute Gasteiger partial charge is 0.351 e. The first kappa shape index (κ1) is 17.2. The molecule has 0 radical (unpaired) electrons. The SMILES string of the molecule is CC(C)n1ncc2ccc(-c3nc(NC4CCNCC4)ncc3Cl)cc21. The van der Waals surface area contributed by atoms with Crippen LogP contribution in [0.5, 0.6) is 0 Å². The molecular formula is C19H23ClN6. The number of anilines is 1. The molecule has 1 aliphatic rings. The van der Waals surface area contributed by atoms with Crippen LogP contribution in [0.4, 0.5) is 5.95 Å². The number of rotatable bonds is 4. The van der Waals surface area contributed by atoms with Crippen molar-refractivity contribution in [3.63, 3.8) is 0 Å². The van der Waals surface area contributed by atoms with Gasteiger partial charge in [0, 0.05) is 23.0 Å². The minimum atomic E-state index is 0.292. The highest BCUT2D eigenvalue weighted by atomic mass is 35.5. The predicted molar refractivity (Wildman–Crippen MR) is 106 cm³/mol. The Morgan fingerprint density at radius 1 is 1.23 bits per heavy atom. The van der Waals surface area contributed by atoms with Crippen LogP contribution in [0.25, 0.3) is 22.2 Å². The molecule has 0 aliphatic carbocycles. The smallest absolute Gasteiger partial charge is 0.223 e. The third kappa shape index (κ3) is 3.39. The standard InChI is InChI=1S/C19H23ClN6/c1-12(2)26-17-9-13(3-4-14(17)10-23-26)18-16(20)11-22-19(25-18)24-15-5-7-21-8-6-15/h3-4,9-12,15,21H,5-8H2,1-2H3,(H,22,24,25). The monoisotopic (exact) mass is 370 g/mol. The Kier molecular flexibility index (Phi) is 4.78. The molecule has 6 nitrogen and oxygen atoms in total. The second kappa shape index (κ2) is 7.21. The number of benzene rings is 1. The van der Waals surface area contributed by atoms with E-state index in [1.165, 1.54) is 0 Å². The Morgan fingerprint density at radius 3 is 2.81 bits per heavy atom. The van der Waals surface area contributed by atoms with Crippen LogP contribution in [-0.2, 0) is 0 Å². The summed E-state index contributed by atoms with van der Waals surface area (Å²) >= 11 is 6.42. The summed E-state index contributed by atoms with van der Waals surface area (Å²) in [6.07, 6.45) is 5.71. The van der Waals surface area contributed by atoms with Crippen molar-refractivity contribution in [3.8, 4) is 11.3 Å². The van der Waals surface area contributed by atoms with Crippen molar-refractivity contribution in [1.29, 1.82) is 0 Å². The molecule has 2 aromatic heterocycles. The molecule has 0 atom stereocenters. The Morgan fingerprint density at radius 2 is 2.04 bits per heavy atom. The van der Waals surface area contributed by atoms with Crippen LogP contribution in [0.3, 0.4) is 0 Å². The van der Waals surface area contributed by atoms with Gasteiger partial charge in [-0.3, -0.25) is 4.68 Å². The van der Waals surface area contributed by atoms with Gasteiger partial charge in [-0.15, -0.1) is 0 Å². The van der Waals surface area contributed by atoms with Gasteiger partial charge in [-0.2, -0.15) is 5.10 Å². The Bertz CT molecular complexity index is 914. The normalized spacial score (nSPS) is 15.7. The number of nitrogens with one attached hydrogen (secondary N) is 2. The van der Waals surface area contributed by atoms with Crippen molar-refractivity contribution in [2.45, 2.75) is 38.8 Å². The van der Waals surface area contributed by atoms with Gasteiger partial charge in [0.15, 0.2) is 0 Å². The van der Waals surface area contributed by atoms with Gasteiger partial charge in [0.1, 0.15) is 0 Å². The topological polar surface area (TPSA) is 67.7 Å². The molecule has 26 heavy (non-hydrogen) atoms. The quantitative estimate of drug-likeness (QED) is 0.729. The lowest BCUT2D eigenvalue weighted by atomic mass is 10.1. The molecule has 3 heterocycles. The number of nitrogens with zero attached hydrogens (tertiary/aromatic N) is 4. The molecule has 1 saturated heterocycles. The van der Waals surface area contributed by atoms with E-state index >= 15 is 0 Å². The van der Waals surface area contributed by atoms with Gasteiger partial charge in [-0.1, -0.05) is 23.7 Å². The van der Waals surface area contributed by atoms with Gasteiger partial charge < -0.3 is 10.6 Å². The zero-order chi connectivity index (χ0) is 18.1. The van der Waals surface area contributed by atoms with Crippen LogP contribution in [0.1, 0.15) is 32.7 Å². The lowest BCUT2D eigenvalue weighted by Crippen LogP contribution is -2.35. The molecular weight excluding hydrogens is 348 g/mol. The first-order valence-corrected chi connectivity index (χ1v) is 9.47. The average Bonchev–Trinajstić information content (AvgIpc) is 3.07. The minimum Gasteiger partial charge on any atom is -0.351 e. The van der Waals surface area contributed by atoms with E-state index in [4.69, 9.17) is 16.6 Å². The van der Waals surface area contributed by atoms with Crippen LogP contribution < -0.4 is 10.6 Å². The molecule has 0 bridgehead atoms. The van der Waals surface area contributed by atoms with Gasteiger partial charge in [-0.25, -0.2) is 9.97 Å². The third-order valence-corrected chi connectivity index (χ3v) is 5.05. The van der Waals surface area contributed by atoms with E-state index in [1.807, 2.05) is 16.9 Å². The fourth-order valence-electron chi connectivity index (χ4n) is 3.38. The van der Waals surface area contributed by atoms with Gasteiger partial charge in [0.05, 0.1) is 28.6 Å². The number of hydrogen-bond acceptors (Lipinski definition) is 5. The van der Waals surface area contributed by atoms with Crippen molar-refractivity contribution in [1.82, 2.24) is 25.1 Å². The molecule has 0 saturated carbocycles. The molecule has 1 aliphatic heterocycles. The van der Waals surface area contributed by atoms with E-state index in [1.54, 1.807) is 6.20 Å². The fourth-order valence-corrected chi connectivity index (χ4v) is 3.58. The molecule has 2 N–H and O–H groups in total. The molecule has 1 fully saturated rings. The van der Waals surface area contributed by atoms with Crippen LogP contribution in [-0.4, -0.2) is 38.9 Å².